The summed E-state index contributed by atoms with van der Waals surface area (Å²) in [6.07, 6.45) is 7.01. The fourth-order valence-electron chi connectivity index (χ4n) is 2.30. The topological polar surface area (TPSA) is 78.4 Å². The van der Waals surface area contributed by atoms with E-state index in [1.165, 1.54) is 0 Å². The van der Waals surface area contributed by atoms with E-state index in [9.17, 15) is 9.59 Å². The van der Waals surface area contributed by atoms with Gasteiger partial charge in [0.15, 0.2) is 0 Å². The quantitative estimate of drug-likeness (QED) is 0.648. The third-order valence-corrected chi connectivity index (χ3v) is 3.59. The highest BCUT2D eigenvalue weighted by Gasteiger charge is 2.34. The molecule has 2 atom stereocenters. The van der Waals surface area contributed by atoms with Crippen LogP contribution in [0.4, 0.5) is 4.79 Å². The van der Waals surface area contributed by atoms with Crippen LogP contribution in [0.1, 0.15) is 32.6 Å². The minimum absolute atomic E-state index is 0.0708. The molecular weight excluding hydrogens is 220 g/mol. The maximum atomic E-state index is 11.7. The average molecular weight is 238 g/mol. The molecule has 3 N–H and O–H groups in total. The molecule has 2 amide bonds. The van der Waals surface area contributed by atoms with Gasteiger partial charge >= 0.3 is 12.0 Å². The lowest BCUT2D eigenvalue weighted by Crippen LogP contribution is -2.55. The Labute approximate surface area is 100 Å². The van der Waals surface area contributed by atoms with Crippen molar-refractivity contribution in [1.82, 2.24) is 10.6 Å². The molecule has 0 spiro atoms. The summed E-state index contributed by atoms with van der Waals surface area (Å²) in [5.41, 5.74) is -0.0708. The van der Waals surface area contributed by atoms with Crippen LogP contribution in [0.15, 0.2) is 12.2 Å². The molecule has 1 fully saturated rings. The molecule has 5 heteroatoms. The first-order valence-electron chi connectivity index (χ1n) is 5.98. The second-order valence-corrected chi connectivity index (χ2v) is 5.18. The Morgan fingerprint density at radius 2 is 2.06 bits per heavy atom. The summed E-state index contributed by atoms with van der Waals surface area (Å²) >= 11 is 0. The van der Waals surface area contributed by atoms with E-state index in [1.54, 1.807) is 12.2 Å². The summed E-state index contributed by atoms with van der Waals surface area (Å²) in [5, 5.41) is 14.5. The van der Waals surface area contributed by atoms with Crippen LogP contribution < -0.4 is 10.6 Å². The molecule has 0 aliphatic heterocycles. The van der Waals surface area contributed by atoms with Crippen molar-refractivity contribution in [2.45, 2.75) is 44.2 Å². The van der Waals surface area contributed by atoms with Crippen molar-refractivity contribution in [2.24, 2.45) is 5.92 Å². The number of hydrogen-bond donors (Lipinski definition) is 3. The van der Waals surface area contributed by atoms with E-state index in [0.717, 1.165) is 19.3 Å². The average Bonchev–Trinajstić information content (AvgIpc) is 2.63. The fraction of sp³-hybridized carbons (Fsp3) is 0.667. The number of urea groups is 1. The van der Waals surface area contributed by atoms with E-state index in [2.05, 4.69) is 10.6 Å². The van der Waals surface area contributed by atoms with E-state index in [4.69, 9.17) is 5.11 Å². The van der Waals surface area contributed by atoms with Gasteiger partial charge in [-0.05, 0) is 32.6 Å². The van der Waals surface area contributed by atoms with Crippen LogP contribution in [0.2, 0.25) is 0 Å². The SMILES string of the molecule is CC1(NC(=O)NC2C=CC(C(=O)O)C2)CCC1. The first-order valence-corrected chi connectivity index (χ1v) is 5.98. The minimum Gasteiger partial charge on any atom is -0.481 e. The second kappa shape index (κ2) is 4.39. The number of aliphatic carboxylic acids is 1. The van der Waals surface area contributed by atoms with Gasteiger partial charge in [0.05, 0.1) is 12.0 Å². The summed E-state index contributed by atoms with van der Waals surface area (Å²) in [6, 6.07) is -0.368. The normalized spacial score (nSPS) is 29.5. The highest BCUT2D eigenvalue weighted by molar-refractivity contribution is 5.77. The number of rotatable bonds is 3. The summed E-state index contributed by atoms with van der Waals surface area (Å²) in [7, 11) is 0. The first kappa shape index (κ1) is 12.0. The van der Waals surface area contributed by atoms with Crippen LogP contribution >= 0.6 is 0 Å². The van der Waals surface area contributed by atoms with E-state index < -0.39 is 11.9 Å². The molecular formula is C12H18N2O3. The molecule has 2 unspecified atom stereocenters. The smallest absolute Gasteiger partial charge is 0.315 e. The number of carbonyl (C=O) groups excluding carboxylic acids is 1. The van der Waals surface area contributed by atoms with E-state index in [0.29, 0.717) is 6.42 Å². The lowest BCUT2D eigenvalue weighted by Gasteiger charge is -2.39. The molecule has 1 saturated carbocycles. The molecule has 2 aliphatic rings. The number of carboxylic acid groups (broad SMARTS) is 1. The Morgan fingerprint density at radius 3 is 2.53 bits per heavy atom. The second-order valence-electron chi connectivity index (χ2n) is 5.18. The molecule has 0 saturated heterocycles. The van der Waals surface area contributed by atoms with Crippen LogP contribution in [0.25, 0.3) is 0 Å². The zero-order valence-corrected chi connectivity index (χ0v) is 9.90. The molecule has 0 bridgehead atoms. The van der Waals surface area contributed by atoms with Gasteiger partial charge in [-0.3, -0.25) is 4.79 Å². The van der Waals surface area contributed by atoms with Gasteiger partial charge < -0.3 is 15.7 Å². The Hall–Kier alpha value is -1.52. The minimum atomic E-state index is -0.836. The molecule has 0 aromatic carbocycles. The number of amides is 2. The fourth-order valence-corrected chi connectivity index (χ4v) is 2.30. The molecule has 94 valence electrons. The van der Waals surface area contributed by atoms with Gasteiger partial charge in [0.2, 0.25) is 0 Å². The van der Waals surface area contributed by atoms with Crippen molar-refractivity contribution in [1.29, 1.82) is 0 Å². The van der Waals surface area contributed by atoms with E-state index in [1.807, 2.05) is 6.92 Å². The Kier molecular flexibility index (Phi) is 3.09. The predicted molar refractivity (Wildman–Crippen MR) is 62.6 cm³/mol. The molecule has 0 heterocycles. The highest BCUT2D eigenvalue weighted by atomic mass is 16.4. The van der Waals surface area contributed by atoms with Gasteiger partial charge in [-0.15, -0.1) is 0 Å². The molecule has 5 nitrogen and oxygen atoms in total. The number of hydrogen-bond acceptors (Lipinski definition) is 2. The van der Waals surface area contributed by atoms with Gasteiger partial charge in [0.1, 0.15) is 0 Å². The van der Waals surface area contributed by atoms with Crippen molar-refractivity contribution in [3.63, 3.8) is 0 Å². The lowest BCUT2D eigenvalue weighted by atomic mass is 9.79. The van der Waals surface area contributed by atoms with Gasteiger partial charge in [-0.2, -0.15) is 0 Å². The molecule has 0 radical (unpaired) electrons. The Balaban J connectivity index is 1.77. The largest absolute Gasteiger partial charge is 0.481 e. The number of carboxylic acids is 1. The highest BCUT2D eigenvalue weighted by Crippen LogP contribution is 2.30. The van der Waals surface area contributed by atoms with Gasteiger partial charge in [-0.1, -0.05) is 12.2 Å². The molecule has 2 aliphatic carbocycles. The summed E-state index contributed by atoms with van der Waals surface area (Å²) < 4.78 is 0. The zero-order chi connectivity index (χ0) is 12.5. The maximum absolute atomic E-state index is 11.7. The van der Waals surface area contributed by atoms with E-state index in [-0.39, 0.29) is 17.6 Å². The summed E-state index contributed by atoms with van der Waals surface area (Å²) in [6.45, 7) is 2.03. The third kappa shape index (κ3) is 2.78. The van der Waals surface area contributed by atoms with Crippen LogP contribution in [0.5, 0.6) is 0 Å². The van der Waals surface area contributed by atoms with Crippen LogP contribution in [0.3, 0.4) is 0 Å². The van der Waals surface area contributed by atoms with Crippen LogP contribution in [-0.4, -0.2) is 28.7 Å². The molecule has 0 aromatic rings. The van der Waals surface area contributed by atoms with Crippen LogP contribution in [-0.2, 0) is 4.79 Å². The van der Waals surface area contributed by atoms with Gasteiger partial charge in [0, 0.05) is 5.54 Å². The zero-order valence-electron chi connectivity index (χ0n) is 9.90. The van der Waals surface area contributed by atoms with Gasteiger partial charge in [0.25, 0.3) is 0 Å². The first-order chi connectivity index (χ1) is 7.98. The van der Waals surface area contributed by atoms with Crippen molar-refractivity contribution in [2.75, 3.05) is 0 Å². The standard InChI is InChI=1S/C12H18N2O3/c1-12(5-2-6-12)14-11(17)13-9-4-3-8(7-9)10(15)16/h3-4,8-9H,2,5-7H2,1H3,(H,15,16)(H2,13,14,17). The molecule has 2 rings (SSSR count). The van der Waals surface area contributed by atoms with Crippen molar-refractivity contribution >= 4 is 12.0 Å². The Morgan fingerprint density at radius 1 is 1.35 bits per heavy atom. The summed E-state index contributed by atoms with van der Waals surface area (Å²) in [4.78, 5) is 22.4. The van der Waals surface area contributed by atoms with Gasteiger partial charge in [-0.25, -0.2) is 4.79 Å². The Bertz CT molecular complexity index is 361. The predicted octanol–water partition coefficient (Wildman–Crippen LogP) is 1.26. The molecule has 0 aromatic heterocycles. The monoisotopic (exact) mass is 238 g/mol. The van der Waals surface area contributed by atoms with Crippen molar-refractivity contribution in [3.8, 4) is 0 Å². The molecule has 17 heavy (non-hydrogen) atoms. The van der Waals surface area contributed by atoms with E-state index >= 15 is 0 Å². The lowest BCUT2D eigenvalue weighted by molar-refractivity contribution is -0.140. The maximum Gasteiger partial charge on any atom is 0.315 e. The number of nitrogens with one attached hydrogen (secondary N) is 2. The van der Waals surface area contributed by atoms with Crippen molar-refractivity contribution in [3.05, 3.63) is 12.2 Å². The van der Waals surface area contributed by atoms with Crippen molar-refractivity contribution < 1.29 is 14.7 Å². The summed E-state index contributed by atoms with van der Waals surface area (Å²) in [5.74, 6) is -1.31. The number of carbonyl (C=O) groups is 2. The third-order valence-electron chi connectivity index (χ3n) is 3.59. The van der Waals surface area contributed by atoms with Crippen LogP contribution in [0, 0.1) is 5.92 Å².